The minimum Gasteiger partial charge on any atom is -0.395 e. The summed E-state index contributed by atoms with van der Waals surface area (Å²) in [4.78, 5) is 15.3. The molecule has 0 radical (unpaired) electrons. The Balaban J connectivity index is 2.54. The van der Waals surface area contributed by atoms with Crippen LogP contribution in [0.3, 0.4) is 0 Å². The summed E-state index contributed by atoms with van der Waals surface area (Å²) in [5.74, 6) is 5.36. The Morgan fingerprint density at radius 1 is 1.69 bits per heavy atom. The Kier molecular flexibility index (Phi) is 5.24. The largest absolute Gasteiger partial charge is 0.395 e. The zero-order valence-corrected chi connectivity index (χ0v) is 9.83. The van der Waals surface area contributed by atoms with E-state index in [1.165, 1.54) is 6.20 Å². The Bertz CT molecular complexity index is 342. The summed E-state index contributed by atoms with van der Waals surface area (Å²) in [6.07, 6.45) is 1.49. The maximum absolute atomic E-state index is 11.1. The molecule has 1 aromatic heterocycles. The number of rotatable bonds is 5. The molecule has 0 saturated heterocycles. The van der Waals surface area contributed by atoms with Crippen LogP contribution >= 0.6 is 11.8 Å². The number of aromatic nitrogens is 1. The number of nitrogens with one attached hydrogen (secondary N) is 1. The monoisotopic (exact) mass is 241 g/mol. The highest BCUT2D eigenvalue weighted by atomic mass is 32.2. The number of amides is 1. The number of aliphatic hydroxyl groups excluding tert-OH is 1. The lowest BCUT2D eigenvalue weighted by molar-refractivity contribution is 0.0953. The molecule has 0 aliphatic rings. The fourth-order valence-corrected chi connectivity index (χ4v) is 1.74. The molecule has 0 spiro atoms. The number of nitrogens with two attached hydrogens (primary N) is 1. The summed E-state index contributed by atoms with van der Waals surface area (Å²) in [5.41, 5.74) is 3.35. The molecule has 1 aromatic rings. The molecule has 1 heterocycles. The van der Waals surface area contributed by atoms with Crippen molar-refractivity contribution in [1.29, 1.82) is 0 Å². The molecule has 88 valence electrons. The van der Waals surface area contributed by atoms with Crippen LogP contribution in [0.5, 0.6) is 0 Å². The minimum absolute atomic E-state index is 0.151. The first-order valence-electron chi connectivity index (χ1n) is 4.85. The molecule has 1 unspecified atom stereocenters. The molecular weight excluding hydrogens is 226 g/mol. The molecule has 0 fully saturated rings. The molecule has 0 bridgehead atoms. The lowest BCUT2D eigenvalue weighted by Gasteiger charge is -2.07. The van der Waals surface area contributed by atoms with Crippen LogP contribution in [0.1, 0.15) is 23.0 Å². The zero-order valence-electron chi connectivity index (χ0n) is 9.01. The average molecular weight is 241 g/mol. The van der Waals surface area contributed by atoms with Gasteiger partial charge >= 0.3 is 0 Å². The van der Waals surface area contributed by atoms with Crippen LogP contribution in [0.15, 0.2) is 18.3 Å². The summed E-state index contributed by atoms with van der Waals surface area (Å²) >= 11 is 1.61. The quantitative estimate of drug-likeness (QED) is 0.392. The van der Waals surface area contributed by atoms with Gasteiger partial charge in [-0.1, -0.05) is 6.92 Å². The summed E-state index contributed by atoms with van der Waals surface area (Å²) in [6.45, 7) is 2.10. The number of hydrogen-bond donors (Lipinski definition) is 3. The zero-order chi connectivity index (χ0) is 12.0. The third kappa shape index (κ3) is 3.80. The average Bonchev–Trinajstić information content (AvgIpc) is 2.35. The third-order valence-corrected chi connectivity index (χ3v) is 3.17. The van der Waals surface area contributed by atoms with E-state index in [9.17, 15) is 4.79 Å². The van der Waals surface area contributed by atoms with Gasteiger partial charge in [0.05, 0.1) is 17.9 Å². The number of aliphatic hydroxyl groups is 1. The molecule has 1 atom stereocenters. The second kappa shape index (κ2) is 6.47. The third-order valence-electron chi connectivity index (χ3n) is 1.99. The van der Waals surface area contributed by atoms with Crippen LogP contribution in [0, 0.1) is 0 Å². The number of hydrazine groups is 1. The molecular formula is C10H15N3O2S. The number of thioether (sulfide) groups is 1. The highest BCUT2D eigenvalue weighted by Crippen LogP contribution is 2.15. The van der Waals surface area contributed by atoms with E-state index in [-0.39, 0.29) is 17.8 Å². The van der Waals surface area contributed by atoms with Crippen LogP contribution in [0.2, 0.25) is 0 Å². The minimum atomic E-state index is -0.351. The Morgan fingerprint density at radius 3 is 2.94 bits per heavy atom. The van der Waals surface area contributed by atoms with E-state index in [0.717, 1.165) is 5.69 Å². The van der Waals surface area contributed by atoms with Crippen molar-refractivity contribution >= 4 is 17.7 Å². The van der Waals surface area contributed by atoms with Gasteiger partial charge < -0.3 is 5.11 Å². The highest BCUT2D eigenvalue weighted by molar-refractivity contribution is 7.99. The van der Waals surface area contributed by atoms with Gasteiger partial charge in [0.15, 0.2) is 0 Å². The predicted octanol–water partition coefficient (Wildman–Crippen LogP) is 0.299. The van der Waals surface area contributed by atoms with Gasteiger partial charge in [0.25, 0.3) is 5.91 Å². The fraction of sp³-hybridized carbons (Fsp3) is 0.400. The molecule has 1 amide bonds. The van der Waals surface area contributed by atoms with E-state index in [0.29, 0.717) is 11.3 Å². The maximum Gasteiger partial charge on any atom is 0.266 e. The van der Waals surface area contributed by atoms with Gasteiger partial charge in [-0.25, -0.2) is 5.84 Å². The summed E-state index contributed by atoms with van der Waals surface area (Å²) in [7, 11) is 0. The van der Waals surface area contributed by atoms with Crippen LogP contribution in [-0.2, 0) is 5.75 Å². The predicted molar refractivity (Wildman–Crippen MR) is 63.7 cm³/mol. The molecule has 0 aliphatic heterocycles. The van der Waals surface area contributed by atoms with Crippen molar-refractivity contribution in [2.24, 2.45) is 5.84 Å². The first-order chi connectivity index (χ1) is 7.67. The van der Waals surface area contributed by atoms with Gasteiger partial charge in [-0.3, -0.25) is 15.2 Å². The SMILES string of the molecule is CC(CO)SCc1ccc(C(=O)NN)cn1. The van der Waals surface area contributed by atoms with Gasteiger partial charge in [0.1, 0.15) is 0 Å². The van der Waals surface area contributed by atoms with Crippen LogP contribution in [-0.4, -0.2) is 27.9 Å². The van der Waals surface area contributed by atoms with Crippen LogP contribution in [0.25, 0.3) is 0 Å². The molecule has 0 aliphatic carbocycles. The van der Waals surface area contributed by atoms with Crippen molar-refractivity contribution in [3.8, 4) is 0 Å². The highest BCUT2D eigenvalue weighted by Gasteiger charge is 2.05. The number of nitrogen functional groups attached to an aromatic ring is 1. The number of hydrogen-bond acceptors (Lipinski definition) is 5. The lowest BCUT2D eigenvalue weighted by atomic mass is 10.2. The second-order valence-corrected chi connectivity index (χ2v) is 4.74. The van der Waals surface area contributed by atoms with Crippen LogP contribution in [0.4, 0.5) is 0 Å². The molecule has 0 saturated carbocycles. The van der Waals surface area contributed by atoms with Crippen molar-refractivity contribution < 1.29 is 9.90 Å². The second-order valence-electron chi connectivity index (χ2n) is 3.32. The van der Waals surface area contributed by atoms with E-state index in [4.69, 9.17) is 10.9 Å². The van der Waals surface area contributed by atoms with Crippen molar-refractivity contribution in [3.05, 3.63) is 29.6 Å². The molecule has 0 aromatic carbocycles. The summed E-state index contributed by atoms with van der Waals surface area (Å²) < 4.78 is 0. The molecule has 1 rings (SSSR count). The maximum atomic E-state index is 11.1. The van der Waals surface area contributed by atoms with Gasteiger partial charge in [-0.15, -0.1) is 0 Å². The van der Waals surface area contributed by atoms with Crippen molar-refractivity contribution in [2.45, 2.75) is 17.9 Å². The summed E-state index contributed by atoms with van der Waals surface area (Å²) in [5, 5.41) is 9.04. The molecule has 6 heteroatoms. The standard InChI is InChI=1S/C10H15N3O2S/c1-7(5-14)16-6-9-3-2-8(4-12-9)10(15)13-11/h2-4,7,14H,5-6,11H2,1H3,(H,13,15). The van der Waals surface area contributed by atoms with E-state index in [1.54, 1.807) is 23.9 Å². The number of pyridine rings is 1. The van der Waals surface area contributed by atoms with E-state index >= 15 is 0 Å². The van der Waals surface area contributed by atoms with E-state index in [2.05, 4.69) is 4.98 Å². The normalized spacial score (nSPS) is 12.2. The number of carbonyl (C=O) groups is 1. The van der Waals surface area contributed by atoms with Gasteiger partial charge in [0.2, 0.25) is 0 Å². The fourth-order valence-electron chi connectivity index (χ4n) is 1.01. The van der Waals surface area contributed by atoms with E-state index < -0.39 is 0 Å². The van der Waals surface area contributed by atoms with Crippen molar-refractivity contribution in [2.75, 3.05) is 6.61 Å². The Morgan fingerprint density at radius 2 is 2.44 bits per heavy atom. The Labute approximate surface area is 98.4 Å². The first-order valence-corrected chi connectivity index (χ1v) is 5.90. The number of carbonyl (C=O) groups excluding carboxylic acids is 1. The first kappa shape index (κ1) is 13.0. The molecule has 5 nitrogen and oxygen atoms in total. The molecule has 4 N–H and O–H groups in total. The Hall–Kier alpha value is -1.11. The lowest BCUT2D eigenvalue weighted by Crippen LogP contribution is -2.30. The van der Waals surface area contributed by atoms with Gasteiger partial charge in [0, 0.05) is 17.2 Å². The van der Waals surface area contributed by atoms with Gasteiger partial charge in [-0.05, 0) is 12.1 Å². The van der Waals surface area contributed by atoms with Crippen molar-refractivity contribution in [1.82, 2.24) is 10.4 Å². The van der Waals surface area contributed by atoms with Gasteiger partial charge in [-0.2, -0.15) is 11.8 Å². The smallest absolute Gasteiger partial charge is 0.266 e. The summed E-state index contributed by atoms with van der Waals surface area (Å²) in [6, 6.07) is 3.45. The topological polar surface area (TPSA) is 88.2 Å². The van der Waals surface area contributed by atoms with Crippen molar-refractivity contribution in [3.63, 3.8) is 0 Å². The van der Waals surface area contributed by atoms with Crippen LogP contribution < -0.4 is 11.3 Å². The van der Waals surface area contributed by atoms with E-state index in [1.807, 2.05) is 12.3 Å². The number of nitrogens with zero attached hydrogens (tertiary/aromatic N) is 1. The molecule has 16 heavy (non-hydrogen) atoms.